The zero-order valence-electron chi connectivity index (χ0n) is 8.52. The summed E-state index contributed by atoms with van der Waals surface area (Å²) in [7, 11) is -3.31. The standard InChI is InChI=1S/C8H12ClN3O2S2/c9-6-16(13,14)10-2-1-7-5-12-3-4-15-8(12)11-7/h5,10H,1-4,6H2. The number of hydrogen-bond acceptors (Lipinski definition) is 4. The molecule has 1 aliphatic rings. The molecule has 0 unspecified atom stereocenters. The molecule has 1 aromatic heterocycles. The summed E-state index contributed by atoms with van der Waals surface area (Å²) < 4.78 is 26.6. The van der Waals surface area contributed by atoms with E-state index >= 15 is 0 Å². The Balaban J connectivity index is 1.86. The van der Waals surface area contributed by atoms with E-state index in [-0.39, 0.29) is 0 Å². The molecule has 1 N–H and O–H groups in total. The molecule has 0 aromatic carbocycles. The molecule has 0 saturated carbocycles. The fourth-order valence-electron chi connectivity index (χ4n) is 1.46. The van der Waals surface area contributed by atoms with Gasteiger partial charge in [0.15, 0.2) is 5.16 Å². The second kappa shape index (κ2) is 4.95. The van der Waals surface area contributed by atoms with Crippen molar-refractivity contribution in [1.82, 2.24) is 14.3 Å². The topological polar surface area (TPSA) is 64.0 Å². The molecule has 0 amide bonds. The van der Waals surface area contributed by atoms with Crippen molar-refractivity contribution in [3.05, 3.63) is 11.9 Å². The number of fused-ring (bicyclic) bond motifs is 1. The minimum Gasteiger partial charge on any atom is -0.325 e. The summed E-state index contributed by atoms with van der Waals surface area (Å²) in [6.07, 6.45) is 2.57. The van der Waals surface area contributed by atoms with Gasteiger partial charge in [0, 0.05) is 31.5 Å². The lowest BCUT2D eigenvalue weighted by molar-refractivity contribution is 0.586. The van der Waals surface area contributed by atoms with E-state index in [2.05, 4.69) is 14.3 Å². The molecule has 1 aliphatic heterocycles. The lowest BCUT2D eigenvalue weighted by Gasteiger charge is -2.01. The fourth-order valence-corrected chi connectivity index (χ4v) is 3.14. The fraction of sp³-hybridized carbons (Fsp3) is 0.625. The lowest BCUT2D eigenvalue weighted by Crippen LogP contribution is -2.26. The van der Waals surface area contributed by atoms with Crippen LogP contribution in [0.25, 0.3) is 0 Å². The van der Waals surface area contributed by atoms with Gasteiger partial charge in [0.2, 0.25) is 10.0 Å². The zero-order valence-corrected chi connectivity index (χ0v) is 10.9. The van der Waals surface area contributed by atoms with Gasteiger partial charge in [0.05, 0.1) is 5.69 Å². The normalized spacial score (nSPS) is 15.3. The third kappa shape index (κ3) is 2.91. The van der Waals surface area contributed by atoms with Gasteiger partial charge in [-0.3, -0.25) is 0 Å². The molecule has 2 heterocycles. The van der Waals surface area contributed by atoms with Crippen LogP contribution in [-0.4, -0.2) is 35.5 Å². The number of alkyl halides is 1. The molecule has 8 heteroatoms. The van der Waals surface area contributed by atoms with Crippen molar-refractivity contribution >= 4 is 33.4 Å². The van der Waals surface area contributed by atoms with Crippen molar-refractivity contribution in [1.29, 1.82) is 0 Å². The first-order valence-corrected chi connectivity index (χ1v) is 8.00. The first-order chi connectivity index (χ1) is 7.61. The highest BCUT2D eigenvalue weighted by molar-refractivity contribution is 7.99. The van der Waals surface area contributed by atoms with Gasteiger partial charge in [0.1, 0.15) is 5.21 Å². The lowest BCUT2D eigenvalue weighted by atomic mass is 10.3. The molecule has 1 aromatic rings. The molecule has 0 aliphatic carbocycles. The van der Waals surface area contributed by atoms with E-state index in [0.717, 1.165) is 23.1 Å². The van der Waals surface area contributed by atoms with Crippen LogP contribution in [0.5, 0.6) is 0 Å². The third-order valence-corrected chi connectivity index (χ3v) is 4.96. The summed E-state index contributed by atoms with van der Waals surface area (Å²) in [5.74, 6) is 1.07. The molecular formula is C8H12ClN3O2S2. The quantitative estimate of drug-likeness (QED) is 0.805. The third-order valence-electron chi connectivity index (χ3n) is 2.20. The predicted octanol–water partition coefficient (Wildman–Crippen LogP) is 0.647. The van der Waals surface area contributed by atoms with Gasteiger partial charge in [-0.25, -0.2) is 18.1 Å². The van der Waals surface area contributed by atoms with Crippen LogP contribution in [-0.2, 0) is 23.0 Å². The minimum atomic E-state index is -3.31. The van der Waals surface area contributed by atoms with Crippen LogP contribution in [0.2, 0.25) is 0 Å². The molecule has 0 atom stereocenters. The monoisotopic (exact) mass is 281 g/mol. The highest BCUT2D eigenvalue weighted by Crippen LogP contribution is 2.24. The molecule has 0 bridgehead atoms. The molecule has 0 saturated heterocycles. The van der Waals surface area contributed by atoms with Crippen molar-refractivity contribution in [2.24, 2.45) is 0 Å². The summed E-state index contributed by atoms with van der Waals surface area (Å²) in [6, 6.07) is 0. The predicted molar refractivity (Wildman–Crippen MR) is 64.3 cm³/mol. The van der Waals surface area contributed by atoms with Gasteiger partial charge in [-0.15, -0.1) is 11.6 Å². The second-order valence-corrected chi connectivity index (χ2v) is 6.88. The van der Waals surface area contributed by atoms with Gasteiger partial charge < -0.3 is 4.57 Å². The van der Waals surface area contributed by atoms with Crippen LogP contribution in [0.4, 0.5) is 0 Å². The maximum Gasteiger partial charge on any atom is 0.225 e. The summed E-state index contributed by atoms with van der Waals surface area (Å²) in [4.78, 5) is 4.39. The summed E-state index contributed by atoms with van der Waals surface area (Å²) in [6.45, 7) is 1.33. The Hall–Kier alpha value is -0.240. The Kier molecular flexibility index (Phi) is 3.78. The van der Waals surface area contributed by atoms with Gasteiger partial charge in [-0.05, 0) is 0 Å². The zero-order chi connectivity index (χ0) is 11.6. The Morgan fingerprint density at radius 3 is 3.12 bits per heavy atom. The molecule has 0 radical (unpaired) electrons. The first kappa shape index (κ1) is 12.2. The number of nitrogens with one attached hydrogen (secondary N) is 1. The number of sulfonamides is 1. The van der Waals surface area contributed by atoms with E-state index in [1.54, 1.807) is 11.8 Å². The van der Waals surface area contributed by atoms with Crippen molar-refractivity contribution in [3.8, 4) is 0 Å². The van der Waals surface area contributed by atoms with E-state index in [1.807, 2.05) is 6.20 Å². The van der Waals surface area contributed by atoms with Gasteiger partial charge in [0.25, 0.3) is 0 Å². The smallest absolute Gasteiger partial charge is 0.225 e. The van der Waals surface area contributed by atoms with Crippen molar-refractivity contribution in [3.63, 3.8) is 0 Å². The molecule has 5 nitrogen and oxygen atoms in total. The van der Waals surface area contributed by atoms with E-state index in [9.17, 15) is 8.42 Å². The van der Waals surface area contributed by atoms with Crippen molar-refractivity contribution in [2.45, 2.75) is 18.1 Å². The number of nitrogens with zero attached hydrogens (tertiary/aromatic N) is 2. The van der Waals surface area contributed by atoms with Crippen LogP contribution in [0.1, 0.15) is 5.69 Å². The Morgan fingerprint density at radius 1 is 1.62 bits per heavy atom. The number of aromatic nitrogens is 2. The van der Waals surface area contributed by atoms with Crippen LogP contribution in [0.3, 0.4) is 0 Å². The van der Waals surface area contributed by atoms with Crippen LogP contribution >= 0.6 is 23.4 Å². The van der Waals surface area contributed by atoms with E-state index in [0.29, 0.717) is 13.0 Å². The van der Waals surface area contributed by atoms with Gasteiger partial charge in [-0.1, -0.05) is 11.8 Å². The number of hydrogen-bond donors (Lipinski definition) is 1. The average Bonchev–Trinajstić information content (AvgIpc) is 2.77. The first-order valence-electron chi connectivity index (χ1n) is 4.83. The Morgan fingerprint density at radius 2 is 2.44 bits per heavy atom. The van der Waals surface area contributed by atoms with E-state index in [4.69, 9.17) is 11.6 Å². The van der Waals surface area contributed by atoms with E-state index < -0.39 is 15.2 Å². The van der Waals surface area contributed by atoms with E-state index in [1.165, 1.54) is 0 Å². The molecule has 0 fully saturated rings. The molecule has 90 valence electrons. The number of thioether (sulfide) groups is 1. The SMILES string of the molecule is O=S(=O)(CCl)NCCc1cn2c(n1)SCC2. The molecule has 2 rings (SSSR count). The summed E-state index contributed by atoms with van der Waals surface area (Å²) in [5, 5.41) is 0.623. The molecule has 16 heavy (non-hydrogen) atoms. The van der Waals surface area contributed by atoms with Crippen molar-refractivity contribution < 1.29 is 8.42 Å². The second-order valence-electron chi connectivity index (χ2n) is 3.42. The molecular weight excluding hydrogens is 270 g/mol. The highest BCUT2D eigenvalue weighted by Gasteiger charge is 2.14. The highest BCUT2D eigenvalue weighted by atomic mass is 35.5. The van der Waals surface area contributed by atoms with Crippen LogP contribution < -0.4 is 4.72 Å². The maximum atomic E-state index is 11.1. The summed E-state index contributed by atoms with van der Waals surface area (Å²) >= 11 is 6.99. The van der Waals surface area contributed by atoms with Gasteiger partial charge in [-0.2, -0.15) is 0 Å². The number of halogens is 1. The van der Waals surface area contributed by atoms with Crippen LogP contribution in [0, 0.1) is 0 Å². The minimum absolute atomic E-state index is 0.343. The molecule has 0 spiro atoms. The number of rotatable bonds is 5. The maximum absolute atomic E-state index is 11.1. The van der Waals surface area contributed by atoms with Gasteiger partial charge >= 0.3 is 0 Å². The Bertz CT molecular complexity index is 450. The largest absolute Gasteiger partial charge is 0.325 e. The van der Waals surface area contributed by atoms with Crippen LogP contribution in [0.15, 0.2) is 11.4 Å². The average molecular weight is 282 g/mol. The summed E-state index contributed by atoms with van der Waals surface area (Å²) in [5.41, 5.74) is 0.916. The number of aryl methyl sites for hydroxylation is 1. The Labute approximate surface area is 104 Å². The van der Waals surface area contributed by atoms with Crippen molar-refractivity contribution in [2.75, 3.05) is 17.5 Å². The number of imidazole rings is 1.